The van der Waals surface area contributed by atoms with E-state index in [1.807, 2.05) is 60.7 Å². The molecule has 0 unspecified atom stereocenters. The Morgan fingerprint density at radius 3 is 2.55 bits per heavy atom. The van der Waals surface area contributed by atoms with Crippen LogP contribution in [-0.4, -0.2) is 26.5 Å². The zero-order chi connectivity index (χ0) is 27.6. The number of benzene rings is 3. The van der Waals surface area contributed by atoms with Gasteiger partial charge in [-0.2, -0.15) is 0 Å². The number of nitrogens with one attached hydrogen (secondary N) is 1. The number of halogens is 1. The standard InChI is InChI=1S/C32H28ClN3O3S/c33-30-25-17-24(34-31(37)22-6-1-2-7-22)14-15-27(25)36(18-20-9-11-23(12-10-20)32(38)39)28(30)19-40-29-16-13-21-5-3-4-8-26(21)35-29/h3-5,8-17,22H,1-2,6-7,18-19H2,(H,34,37)(H,38,39). The second-order valence-corrected chi connectivity index (χ2v) is 11.6. The predicted octanol–water partition coefficient (Wildman–Crippen LogP) is 8.01. The number of carbonyl (C=O) groups is 2. The second-order valence-electron chi connectivity index (χ2n) is 10.2. The number of anilines is 1. The Kier molecular flexibility index (Phi) is 7.50. The van der Waals surface area contributed by atoms with E-state index in [9.17, 15) is 14.7 Å². The molecule has 0 aliphatic heterocycles. The van der Waals surface area contributed by atoms with E-state index in [4.69, 9.17) is 16.6 Å². The first kappa shape index (κ1) is 26.4. The lowest BCUT2D eigenvalue weighted by Crippen LogP contribution is -2.20. The summed E-state index contributed by atoms with van der Waals surface area (Å²) in [4.78, 5) is 28.9. The molecule has 1 saturated carbocycles. The van der Waals surface area contributed by atoms with Gasteiger partial charge in [-0.1, -0.05) is 60.8 Å². The van der Waals surface area contributed by atoms with Gasteiger partial charge < -0.3 is 15.0 Å². The smallest absolute Gasteiger partial charge is 0.335 e. The number of hydrogen-bond acceptors (Lipinski definition) is 4. The van der Waals surface area contributed by atoms with Crippen LogP contribution >= 0.6 is 23.4 Å². The van der Waals surface area contributed by atoms with Crippen molar-refractivity contribution in [3.8, 4) is 0 Å². The number of para-hydroxylation sites is 1. The molecule has 0 saturated heterocycles. The minimum atomic E-state index is -0.951. The molecule has 5 aromatic rings. The molecule has 1 aliphatic rings. The van der Waals surface area contributed by atoms with Gasteiger partial charge in [0.05, 0.1) is 26.6 Å². The molecule has 0 bridgehead atoms. The Hall–Kier alpha value is -3.81. The van der Waals surface area contributed by atoms with Crippen LogP contribution in [0, 0.1) is 5.92 Å². The van der Waals surface area contributed by atoms with Crippen LogP contribution in [0.3, 0.4) is 0 Å². The molecule has 40 heavy (non-hydrogen) atoms. The average molecular weight is 570 g/mol. The van der Waals surface area contributed by atoms with Crippen LogP contribution in [0.4, 0.5) is 5.69 Å². The van der Waals surface area contributed by atoms with Gasteiger partial charge in [-0.25, -0.2) is 9.78 Å². The third-order valence-electron chi connectivity index (χ3n) is 7.57. The van der Waals surface area contributed by atoms with Crippen molar-refractivity contribution in [2.75, 3.05) is 5.32 Å². The number of nitrogens with zero attached hydrogens (tertiary/aromatic N) is 2. The van der Waals surface area contributed by atoms with Gasteiger partial charge in [0.25, 0.3) is 0 Å². The monoisotopic (exact) mass is 569 g/mol. The van der Waals surface area contributed by atoms with Crippen molar-refractivity contribution in [3.05, 3.63) is 101 Å². The summed E-state index contributed by atoms with van der Waals surface area (Å²) >= 11 is 8.66. The fourth-order valence-corrected chi connectivity index (χ4v) is 6.72. The summed E-state index contributed by atoms with van der Waals surface area (Å²) in [6.07, 6.45) is 4.09. The van der Waals surface area contributed by atoms with Crippen molar-refractivity contribution in [3.63, 3.8) is 0 Å². The Labute approximate surface area is 241 Å². The van der Waals surface area contributed by atoms with E-state index in [1.54, 1.807) is 23.9 Å². The maximum Gasteiger partial charge on any atom is 0.335 e. The Morgan fingerprint density at radius 1 is 1.00 bits per heavy atom. The van der Waals surface area contributed by atoms with Crippen LogP contribution in [0.2, 0.25) is 5.02 Å². The van der Waals surface area contributed by atoms with Gasteiger partial charge in [-0.15, -0.1) is 11.8 Å². The summed E-state index contributed by atoms with van der Waals surface area (Å²) in [6.45, 7) is 0.526. The zero-order valence-corrected chi connectivity index (χ0v) is 23.3. The molecule has 1 amide bonds. The van der Waals surface area contributed by atoms with Gasteiger partial charge in [-0.05, 0) is 60.9 Å². The number of carbonyl (C=O) groups excluding carboxylic acids is 1. The first-order valence-electron chi connectivity index (χ1n) is 13.4. The number of rotatable bonds is 8. The number of amides is 1. The SMILES string of the molecule is O=C(O)c1ccc(Cn2c(CSc3ccc4ccccc4n3)c(Cl)c3cc(NC(=O)C4CCCC4)ccc32)cc1. The number of aromatic carboxylic acids is 1. The molecule has 1 fully saturated rings. The van der Waals surface area contributed by atoms with E-state index in [0.717, 1.165) is 69.5 Å². The van der Waals surface area contributed by atoms with Crippen LogP contribution in [0.5, 0.6) is 0 Å². The third kappa shape index (κ3) is 5.44. The van der Waals surface area contributed by atoms with Gasteiger partial charge in [0.2, 0.25) is 5.91 Å². The van der Waals surface area contributed by atoms with Crippen molar-refractivity contribution in [2.45, 2.75) is 43.0 Å². The lowest BCUT2D eigenvalue weighted by atomic mass is 10.1. The maximum atomic E-state index is 12.8. The van der Waals surface area contributed by atoms with Gasteiger partial charge in [0.15, 0.2) is 0 Å². The topological polar surface area (TPSA) is 84.2 Å². The second kappa shape index (κ2) is 11.4. The minimum absolute atomic E-state index is 0.0732. The average Bonchev–Trinajstić information content (AvgIpc) is 3.60. The molecule has 6 nitrogen and oxygen atoms in total. The Morgan fingerprint density at radius 2 is 1.77 bits per heavy atom. The highest BCUT2D eigenvalue weighted by Crippen LogP contribution is 2.37. The van der Waals surface area contributed by atoms with Gasteiger partial charge >= 0.3 is 5.97 Å². The highest BCUT2D eigenvalue weighted by Gasteiger charge is 2.23. The molecule has 8 heteroatoms. The molecule has 2 N–H and O–H groups in total. The van der Waals surface area contributed by atoms with Crippen molar-refractivity contribution >= 4 is 62.7 Å². The van der Waals surface area contributed by atoms with E-state index in [1.165, 1.54) is 0 Å². The summed E-state index contributed by atoms with van der Waals surface area (Å²) in [6, 6.07) is 24.9. The van der Waals surface area contributed by atoms with Crippen molar-refractivity contribution in [2.24, 2.45) is 5.92 Å². The van der Waals surface area contributed by atoms with Gasteiger partial charge in [0, 0.05) is 40.4 Å². The molecule has 0 spiro atoms. The molecule has 3 aromatic carbocycles. The van der Waals surface area contributed by atoms with Crippen LogP contribution in [-0.2, 0) is 17.1 Å². The summed E-state index contributed by atoms with van der Waals surface area (Å²) in [5, 5.41) is 15.9. The summed E-state index contributed by atoms with van der Waals surface area (Å²) in [5.74, 6) is -0.210. The molecule has 202 valence electrons. The van der Waals surface area contributed by atoms with Crippen LogP contribution < -0.4 is 5.32 Å². The zero-order valence-electron chi connectivity index (χ0n) is 21.8. The van der Waals surface area contributed by atoms with Crippen LogP contribution in [0.15, 0.2) is 83.9 Å². The van der Waals surface area contributed by atoms with E-state index in [-0.39, 0.29) is 17.4 Å². The maximum absolute atomic E-state index is 12.8. The fourth-order valence-electron chi connectivity index (χ4n) is 5.40. The first-order valence-corrected chi connectivity index (χ1v) is 14.7. The number of hydrogen-bond donors (Lipinski definition) is 2. The molecule has 6 rings (SSSR count). The Bertz CT molecular complexity index is 1730. The highest BCUT2D eigenvalue weighted by molar-refractivity contribution is 7.98. The lowest BCUT2D eigenvalue weighted by molar-refractivity contribution is -0.119. The molecule has 0 radical (unpaired) electrons. The molecular weight excluding hydrogens is 542 g/mol. The predicted molar refractivity (Wildman–Crippen MR) is 161 cm³/mol. The largest absolute Gasteiger partial charge is 0.478 e. The number of thioether (sulfide) groups is 1. The molecule has 0 atom stereocenters. The fraction of sp³-hybridized carbons (Fsp3) is 0.219. The quantitative estimate of drug-likeness (QED) is 0.185. The molecular formula is C32H28ClN3O3S. The normalized spacial score (nSPS) is 13.7. The number of aromatic nitrogens is 2. The van der Waals surface area contributed by atoms with Gasteiger partial charge in [-0.3, -0.25) is 4.79 Å². The highest BCUT2D eigenvalue weighted by atomic mass is 35.5. The molecule has 1 aliphatic carbocycles. The lowest BCUT2D eigenvalue weighted by Gasteiger charge is -2.13. The molecule has 2 aromatic heterocycles. The summed E-state index contributed by atoms with van der Waals surface area (Å²) in [7, 11) is 0. The van der Waals surface area contributed by atoms with E-state index in [0.29, 0.717) is 17.3 Å². The summed E-state index contributed by atoms with van der Waals surface area (Å²) < 4.78 is 2.17. The number of fused-ring (bicyclic) bond motifs is 2. The van der Waals surface area contributed by atoms with Crippen molar-refractivity contribution in [1.82, 2.24) is 9.55 Å². The Balaban J connectivity index is 1.34. The third-order valence-corrected chi connectivity index (χ3v) is 8.93. The number of carboxylic acids is 1. The van der Waals surface area contributed by atoms with E-state index in [2.05, 4.69) is 16.0 Å². The minimum Gasteiger partial charge on any atom is -0.478 e. The number of carboxylic acid groups (broad SMARTS) is 1. The van der Waals surface area contributed by atoms with Crippen LogP contribution in [0.1, 0.15) is 47.3 Å². The van der Waals surface area contributed by atoms with Crippen molar-refractivity contribution in [1.29, 1.82) is 0 Å². The van der Waals surface area contributed by atoms with E-state index >= 15 is 0 Å². The number of pyridine rings is 1. The summed E-state index contributed by atoms with van der Waals surface area (Å²) in [5.41, 5.74) is 4.80. The van der Waals surface area contributed by atoms with Crippen molar-refractivity contribution < 1.29 is 14.7 Å². The first-order chi connectivity index (χ1) is 19.5. The van der Waals surface area contributed by atoms with E-state index < -0.39 is 5.97 Å². The van der Waals surface area contributed by atoms with Crippen LogP contribution in [0.25, 0.3) is 21.8 Å². The molecule has 2 heterocycles. The van der Waals surface area contributed by atoms with Gasteiger partial charge in [0.1, 0.15) is 0 Å².